The molecule has 0 atom stereocenters. The van der Waals surface area contributed by atoms with Crippen LogP contribution in [0.2, 0.25) is 0 Å². The highest BCUT2D eigenvalue weighted by Gasteiger charge is 2.20. The lowest BCUT2D eigenvalue weighted by Crippen LogP contribution is -2.04. The van der Waals surface area contributed by atoms with Crippen molar-refractivity contribution in [2.24, 2.45) is 0 Å². The first-order valence-electron chi connectivity index (χ1n) is 31.0. The van der Waals surface area contributed by atoms with Crippen LogP contribution in [-0.4, -0.2) is 83.4 Å². The SMILES string of the molecule is COCOc1ccc2cc1-c1cc(ccc1OCOC)CCc1ccc(cc1)CCc1ccc(OCOC)c(c1)-c1cc(ccc1OCOC)CCc1ccc(cc1)CCc1ccc(OCOC)c(c1)-c1cc(ccc1OCOC)CCc1ccc(cc1)CC2. The van der Waals surface area contributed by atoms with E-state index in [0.717, 1.165) is 145 Å². The average molecular weight is 1210 g/mol. The molecule has 0 spiro atoms. The van der Waals surface area contributed by atoms with E-state index < -0.39 is 0 Å². The number of hydrogen-bond donors (Lipinski definition) is 0. The summed E-state index contributed by atoms with van der Waals surface area (Å²) in [4.78, 5) is 0. The van der Waals surface area contributed by atoms with Crippen LogP contribution in [-0.2, 0) is 105 Å². The van der Waals surface area contributed by atoms with Crippen molar-refractivity contribution in [3.05, 3.63) is 249 Å². The third-order valence-electron chi connectivity index (χ3n) is 16.4. The largest absolute Gasteiger partial charge is 0.467 e. The molecule has 468 valence electrons. The van der Waals surface area contributed by atoms with Crippen molar-refractivity contribution < 1.29 is 56.8 Å². The van der Waals surface area contributed by atoms with Crippen molar-refractivity contribution >= 4 is 0 Å². The molecule has 13 rings (SSSR count). The molecule has 0 heterocycles. The van der Waals surface area contributed by atoms with Gasteiger partial charge in [-0.1, -0.05) is 109 Å². The van der Waals surface area contributed by atoms with E-state index in [9.17, 15) is 0 Å². The quantitative estimate of drug-likeness (QED) is 0.0763. The molecule has 0 radical (unpaired) electrons. The molecule has 4 aliphatic rings. The van der Waals surface area contributed by atoms with Gasteiger partial charge in [0.2, 0.25) is 0 Å². The topological polar surface area (TPSA) is 111 Å². The summed E-state index contributed by atoms with van der Waals surface area (Å²) >= 11 is 0. The molecule has 0 saturated heterocycles. The van der Waals surface area contributed by atoms with Gasteiger partial charge in [0.25, 0.3) is 0 Å². The van der Waals surface area contributed by atoms with Crippen LogP contribution in [0.4, 0.5) is 0 Å². The molecule has 12 heteroatoms. The molecule has 9 aromatic rings. The lowest BCUT2D eigenvalue weighted by atomic mass is 9.93. The standard InChI is InChI=1S/C78H84O12/c1-79-49-85-73-37-31-61-25-19-55-7-9-57(10-8-55)21-27-63-33-39-75(87-51-81-3)69(45-63)71-47-65(35-41-77(71)89-53-83-5)29-23-59-15-17-60(18-16-59)24-30-66-36-42-78(90-54-84-6)72(48-66)70-46-64(34-40-76(70)88-52-82-4)28-22-58-13-11-56(12-14-58)20-26-62-32-38-74(86-50-80-2)68(44-62)67(73)43-61/h7-18,31-48H,19-30,49-54H2,1-6H3. The fourth-order valence-electron chi connectivity index (χ4n) is 11.5. The minimum Gasteiger partial charge on any atom is -0.467 e. The number of aryl methyl sites for hydroxylation is 12. The highest BCUT2D eigenvalue weighted by Crippen LogP contribution is 2.42. The molecule has 90 heavy (non-hydrogen) atoms. The first kappa shape index (κ1) is 64.5. The minimum absolute atomic E-state index is 0.115. The summed E-state index contributed by atoms with van der Waals surface area (Å²) in [5, 5.41) is 0. The molecule has 0 fully saturated rings. The molecule has 0 N–H and O–H groups in total. The molecule has 0 aliphatic heterocycles. The van der Waals surface area contributed by atoms with E-state index in [2.05, 4.69) is 146 Å². The summed E-state index contributed by atoms with van der Waals surface area (Å²) in [5.41, 5.74) is 20.4. The van der Waals surface area contributed by atoms with E-state index in [0.29, 0.717) is 0 Å². The van der Waals surface area contributed by atoms with Crippen LogP contribution in [0.5, 0.6) is 34.5 Å². The Kier molecular flexibility index (Phi) is 23.9. The molecule has 0 saturated carbocycles. The van der Waals surface area contributed by atoms with Gasteiger partial charge in [-0.05, 0) is 217 Å². The molecule has 0 amide bonds. The van der Waals surface area contributed by atoms with Crippen LogP contribution < -0.4 is 28.4 Å². The van der Waals surface area contributed by atoms with Crippen molar-refractivity contribution in [2.75, 3.05) is 83.4 Å². The zero-order valence-electron chi connectivity index (χ0n) is 52.9. The smallest absolute Gasteiger partial charge is 0.188 e. The molecule has 4 aliphatic carbocycles. The second kappa shape index (κ2) is 33.4. The molecular weight excluding hydrogens is 1130 g/mol. The van der Waals surface area contributed by atoms with E-state index in [-0.39, 0.29) is 40.8 Å². The Morgan fingerprint density at radius 3 is 0.433 bits per heavy atom. The van der Waals surface area contributed by atoms with Crippen molar-refractivity contribution in [2.45, 2.75) is 77.0 Å². The second-order valence-corrected chi connectivity index (χ2v) is 22.7. The Morgan fingerprint density at radius 2 is 0.300 bits per heavy atom. The second-order valence-electron chi connectivity index (χ2n) is 22.7. The van der Waals surface area contributed by atoms with Gasteiger partial charge in [0.05, 0.1) is 0 Å². The van der Waals surface area contributed by atoms with Gasteiger partial charge in [-0.3, -0.25) is 0 Å². The van der Waals surface area contributed by atoms with Gasteiger partial charge in [0, 0.05) is 76.0 Å². The van der Waals surface area contributed by atoms with Crippen molar-refractivity contribution in [3.63, 3.8) is 0 Å². The fourth-order valence-corrected chi connectivity index (χ4v) is 11.5. The van der Waals surface area contributed by atoms with Crippen LogP contribution >= 0.6 is 0 Å². The number of fused-ring (bicyclic) bond motifs is 3. The summed E-state index contributed by atoms with van der Waals surface area (Å²) in [6.45, 7) is 0.689. The third kappa shape index (κ3) is 17.9. The van der Waals surface area contributed by atoms with Gasteiger partial charge in [0.15, 0.2) is 40.8 Å². The van der Waals surface area contributed by atoms with Crippen molar-refractivity contribution in [3.8, 4) is 67.9 Å². The van der Waals surface area contributed by atoms with Crippen LogP contribution in [0.25, 0.3) is 33.4 Å². The maximum absolute atomic E-state index is 6.24. The molecule has 0 unspecified atom stereocenters. The number of benzene rings is 9. The van der Waals surface area contributed by atoms with E-state index in [1.165, 1.54) is 66.8 Å². The predicted molar refractivity (Wildman–Crippen MR) is 354 cm³/mol. The molecule has 12 nitrogen and oxygen atoms in total. The van der Waals surface area contributed by atoms with E-state index >= 15 is 0 Å². The number of rotatable bonds is 18. The summed E-state index contributed by atoms with van der Waals surface area (Å²) < 4.78 is 69.9. The van der Waals surface area contributed by atoms with Crippen molar-refractivity contribution in [1.29, 1.82) is 0 Å². The van der Waals surface area contributed by atoms with Crippen LogP contribution in [0.15, 0.2) is 182 Å². The monoisotopic (exact) mass is 1210 g/mol. The molecule has 9 aromatic carbocycles. The van der Waals surface area contributed by atoms with Gasteiger partial charge in [-0.25, -0.2) is 0 Å². The number of methoxy groups -OCH3 is 6. The predicted octanol–water partition coefficient (Wildman–Crippen LogP) is 15.6. The summed E-state index contributed by atoms with van der Waals surface area (Å²) in [6, 6.07) is 65.7. The Labute approximate surface area is 531 Å². The lowest BCUT2D eigenvalue weighted by Gasteiger charge is -2.18. The van der Waals surface area contributed by atoms with Gasteiger partial charge in [-0.15, -0.1) is 0 Å². The summed E-state index contributed by atoms with van der Waals surface area (Å²) in [5.74, 6) is 4.31. The third-order valence-corrected chi connectivity index (χ3v) is 16.4. The highest BCUT2D eigenvalue weighted by molar-refractivity contribution is 5.79. The van der Waals surface area contributed by atoms with E-state index in [1.807, 2.05) is 36.4 Å². The van der Waals surface area contributed by atoms with Crippen LogP contribution in [0.1, 0.15) is 66.8 Å². The fraction of sp³-hybridized carbons (Fsp3) is 0.308. The van der Waals surface area contributed by atoms with Crippen LogP contribution in [0, 0.1) is 0 Å². The van der Waals surface area contributed by atoms with E-state index in [4.69, 9.17) is 56.8 Å². The summed E-state index contributed by atoms with van der Waals surface area (Å²) in [7, 11) is 9.82. The van der Waals surface area contributed by atoms with Crippen molar-refractivity contribution in [1.82, 2.24) is 0 Å². The highest BCUT2D eigenvalue weighted by atomic mass is 16.7. The molecular formula is C78H84O12. The van der Waals surface area contributed by atoms with E-state index in [1.54, 1.807) is 42.7 Å². The first-order chi connectivity index (χ1) is 44.3. The van der Waals surface area contributed by atoms with Gasteiger partial charge in [0.1, 0.15) is 34.5 Å². The lowest BCUT2D eigenvalue weighted by molar-refractivity contribution is 0.0500. The summed E-state index contributed by atoms with van der Waals surface area (Å²) in [6.07, 6.45) is 10.2. The average Bonchev–Trinajstić information content (AvgIpc) is 1.49. The van der Waals surface area contributed by atoms with Crippen LogP contribution in [0.3, 0.4) is 0 Å². The van der Waals surface area contributed by atoms with Gasteiger partial charge in [-0.2, -0.15) is 0 Å². The maximum Gasteiger partial charge on any atom is 0.188 e. The van der Waals surface area contributed by atoms with Gasteiger partial charge < -0.3 is 56.8 Å². The Morgan fingerprint density at radius 1 is 0.178 bits per heavy atom. The zero-order chi connectivity index (χ0) is 62.3. The number of ether oxygens (including phenoxy) is 12. The first-order valence-corrected chi connectivity index (χ1v) is 31.0. The normalized spacial score (nSPS) is 13.0. The molecule has 18 bridgehead atoms. The Balaban J connectivity index is 0.967. The molecule has 0 aromatic heterocycles. The minimum atomic E-state index is 0.115. The number of hydrogen-bond acceptors (Lipinski definition) is 12. The zero-order valence-corrected chi connectivity index (χ0v) is 52.9. The van der Waals surface area contributed by atoms with Gasteiger partial charge >= 0.3 is 0 Å². The Hall–Kier alpha value is -8.46. The Bertz CT molecular complexity index is 3080. The maximum atomic E-state index is 6.24.